The summed E-state index contributed by atoms with van der Waals surface area (Å²) in [5.41, 5.74) is 23.1. The molecule has 11 amide bonds. The summed E-state index contributed by atoms with van der Waals surface area (Å²) in [5, 5.41) is 18.0. The molecule has 1 aromatic rings. The Morgan fingerprint density at radius 2 is 1.38 bits per heavy atom. The van der Waals surface area contributed by atoms with E-state index in [0.717, 1.165) is 21.6 Å². The van der Waals surface area contributed by atoms with Gasteiger partial charge in [-0.05, 0) is 43.1 Å². The molecule has 1 unspecified atom stereocenters. The molecule has 1 aromatic carbocycles. The molecule has 3 rings (SSSR count). The molecule has 15 N–H and O–H groups in total. The Morgan fingerprint density at radius 1 is 0.765 bits per heavy atom. The lowest BCUT2D eigenvalue weighted by Gasteiger charge is -2.31. The van der Waals surface area contributed by atoms with Crippen LogP contribution in [0.3, 0.4) is 0 Å². The highest BCUT2D eigenvalue weighted by Crippen LogP contribution is 2.26. The molecule has 68 heavy (non-hydrogen) atoms. The van der Waals surface area contributed by atoms with E-state index in [0.29, 0.717) is 18.4 Å². The highest BCUT2D eigenvalue weighted by atomic mass is 33.1. The molecule has 0 radical (unpaired) electrons. The number of hydrogen-bond acceptors (Lipinski definition) is 14. The zero-order valence-corrected chi connectivity index (χ0v) is 40.3. The molecule has 2 aliphatic rings. The average molecular weight is 991 g/mol. The number of hydrogen-bond donors (Lipinski definition) is 11. The summed E-state index contributed by atoms with van der Waals surface area (Å²) in [6, 6.07) is -1.87. The Kier molecular flexibility index (Phi) is 23.0. The number of rotatable bonds is 17. The van der Waals surface area contributed by atoms with Crippen LogP contribution in [0, 0.1) is 11.8 Å². The van der Waals surface area contributed by atoms with E-state index in [-0.39, 0.29) is 49.7 Å². The molecule has 0 aliphatic carbocycles. The van der Waals surface area contributed by atoms with Gasteiger partial charge in [-0.25, -0.2) is 0 Å². The molecule has 25 heteroatoms. The van der Waals surface area contributed by atoms with Gasteiger partial charge in [0.05, 0.1) is 19.0 Å². The lowest BCUT2D eigenvalue weighted by atomic mass is 9.96. The fourth-order valence-electron chi connectivity index (χ4n) is 7.33. The summed E-state index contributed by atoms with van der Waals surface area (Å²) in [6.45, 7) is 6.68. The van der Waals surface area contributed by atoms with E-state index < -0.39 is 139 Å². The van der Waals surface area contributed by atoms with Gasteiger partial charge in [0.25, 0.3) is 0 Å². The lowest BCUT2D eigenvalue weighted by Crippen LogP contribution is -2.61. The minimum absolute atomic E-state index is 0.00659. The van der Waals surface area contributed by atoms with Crippen LogP contribution in [0.5, 0.6) is 0 Å². The molecule has 2 aliphatic heterocycles. The molecular weight excluding hydrogens is 925 g/mol. The quantitative estimate of drug-likeness (QED) is 0.0682. The second kappa shape index (κ2) is 27.8. The topological polar surface area (TPSA) is 379 Å². The highest BCUT2D eigenvalue weighted by molar-refractivity contribution is 8.76. The smallest absolute Gasteiger partial charge is 0.246 e. The molecule has 0 saturated carbocycles. The Morgan fingerprint density at radius 3 is 2.00 bits per heavy atom. The van der Waals surface area contributed by atoms with Crippen molar-refractivity contribution in [1.29, 1.82) is 0 Å². The van der Waals surface area contributed by atoms with Crippen molar-refractivity contribution in [3.63, 3.8) is 0 Å². The molecule has 2 fully saturated rings. The number of nitrogens with two attached hydrogens (primary N) is 4. The molecule has 9 atom stereocenters. The van der Waals surface area contributed by atoms with E-state index in [9.17, 15) is 52.7 Å². The molecule has 0 spiro atoms. The Balaban J connectivity index is 2.04. The molecular formula is C43H66N12O11S2. The van der Waals surface area contributed by atoms with E-state index in [1.165, 1.54) is 4.90 Å². The Hall–Kier alpha value is -5.95. The molecule has 0 bridgehead atoms. The summed E-state index contributed by atoms with van der Waals surface area (Å²) < 4.78 is 0. The first-order chi connectivity index (χ1) is 32.1. The first-order valence-corrected chi connectivity index (χ1v) is 24.9. The van der Waals surface area contributed by atoms with Crippen molar-refractivity contribution in [1.82, 2.24) is 42.1 Å². The number of likely N-dealkylation sites (tertiary alicyclic amines) is 1. The second-order valence-corrected chi connectivity index (χ2v) is 19.8. The van der Waals surface area contributed by atoms with Crippen LogP contribution in [0.15, 0.2) is 30.3 Å². The van der Waals surface area contributed by atoms with Crippen molar-refractivity contribution in [2.45, 2.75) is 127 Å². The van der Waals surface area contributed by atoms with Crippen molar-refractivity contribution in [2.75, 3.05) is 24.6 Å². The van der Waals surface area contributed by atoms with Gasteiger partial charge in [-0.15, -0.1) is 0 Å². The molecule has 376 valence electrons. The fourth-order valence-corrected chi connectivity index (χ4v) is 9.60. The maximum Gasteiger partial charge on any atom is 0.246 e. The number of primary amides is 3. The van der Waals surface area contributed by atoms with Crippen molar-refractivity contribution >= 4 is 86.6 Å². The minimum atomic E-state index is -1.74. The minimum Gasteiger partial charge on any atom is -0.370 e. The SMILES string of the molecule is CC[C@H](C)[C@@H]1NC(=O)[C@@H](Cc2ccccc2)NC(=O)[C@@H](N)CSSC[C@@H](C(=O)N2CCC[C@H]2C(=O)N[C@@H](CC(C)C)C(=O)NCC(N)=O)NC(=O)[C@H](CC(N)=O)NC(=O)C(CCC(N)=O)NC1=O. The Bertz CT molecular complexity index is 2000. The van der Waals surface area contributed by atoms with Crippen LogP contribution in [-0.4, -0.2) is 143 Å². The van der Waals surface area contributed by atoms with Crippen molar-refractivity contribution in [3.05, 3.63) is 35.9 Å². The van der Waals surface area contributed by atoms with Crippen LogP contribution in [-0.2, 0) is 59.2 Å². The zero-order valence-electron chi connectivity index (χ0n) is 38.7. The summed E-state index contributed by atoms with van der Waals surface area (Å²) in [5.74, 6) is -10.00. The maximum atomic E-state index is 14.5. The molecule has 0 aromatic heterocycles. The van der Waals surface area contributed by atoms with E-state index in [2.05, 4.69) is 37.2 Å². The largest absolute Gasteiger partial charge is 0.370 e. The number of carbonyl (C=O) groups excluding carboxylic acids is 11. The number of benzene rings is 1. The predicted molar refractivity (Wildman–Crippen MR) is 253 cm³/mol. The summed E-state index contributed by atoms with van der Waals surface area (Å²) in [7, 11) is 2.09. The van der Waals surface area contributed by atoms with Crippen LogP contribution in [0.4, 0.5) is 0 Å². The first-order valence-electron chi connectivity index (χ1n) is 22.4. The average Bonchev–Trinajstić information content (AvgIpc) is 3.78. The predicted octanol–water partition coefficient (Wildman–Crippen LogP) is -3.31. The standard InChI is InChI=1S/C43H66N12O11S2/c1-5-23(4)35-42(65)49-26(13-14-32(45)56)38(61)51-29(18-33(46)57)39(62)53-30(21-68-67-20-25(44)36(59)50-28(40(63)54-35)17-24-10-7-6-8-11-24)43(66)55-15-9-12-31(55)41(64)52-27(16-22(2)3)37(60)48-19-34(47)58/h6-8,10-11,22-23,25-31,35H,5,9,12-21,44H2,1-4H3,(H2,45,56)(H2,46,57)(H2,47,58)(H,48,60)(H,49,65)(H,50,59)(H,51,61)(H,52,64)(H,53,62)(H,54,63)/t23-,25-,26?,27-,28+,29-,30-,31-,35-/m0/s1. The van der Waals surface area contributed by atoms with E-state index in [4.69, 9.17) is 22.9 Å². The van der Waals surface area contributed by atoms with Crippen LogP contribution in [0.1, 0.15) is 78.2 Å². The van der Waals surface area contributed by atoms with Gasteiger partial charge in [0.2, 0.25) is 65.0 Å². The van der Waals surface area contributed by atoms with Gasteiger partial charge in [0.1, 0.15) is 42.3 Å². The maximum absolute atomic E-state index is 14.5. The van der Waals surface area contributed by atoms with Crippen LogP contribution in [0.25, 0.3) is 0 Å². The van der Waals surface area contributed by atoms with Gasteiger partial charge in [0.15, 0.2) is 0 Å². The van der Waals surface area contributed by atoms with E-state index in [1.807, 2.05) is 13.8 Å². The van der Waals surface area contributed by atoms with Crippen molar-refractivity contribution < 1.29 is 52.7 Å². The van der Waals surface area contributed by atoms with Gasteiger partial charge in [0, 0.05) is 30.9 Å². The first kappa shape index (κ1) is 56.4. The van der Waals surface area contributed by atoms with Crippen LogP contribution in [0.2, 0.25) is 0 Å². The van der Waals surface area contributed by atoms with Gasteiger partial charge in [-0.2, -0.15) is 0 Å². The third kappa shape index (κ3) is 18.3. The van der Waals surface area contributed by atoms with E-state index in [1.54, 1.807) is 44.2 Å². The van der Waals surface area contributed by atoms with Gasteiger partial charge in [-0.1, -0.05) is 86.0 Å². The summed E-state index contributed by atoms with van der Waals surface area (Å²) in [4.78, 5) is 148. The molecule has 2 heterocycles. The number of nitrogens with zero attached hydrogens (tertiary/aromatic N) is 1. The lowest BCUT2D eigenvalue weighted by molar-refractivity contribution is -0.142. The number of carbonyl (C=O) groups is 11. The monoisotopic (exact) mass is 990 g/mol. The van der Waals surface area contributed by atoms with Crippen molar-refractivity contribution in [2.24, 2.45) is 34.8 Å². The summed E-state index contributed by atoms with van der Waals surface area (Å²) >= 11 is 0. The summed E-state index contributed by atoms with van der Waals surface area (Å²) in [6.07, 6.45) is -0.468. The van der Waals surface area contributed by atoms with Gasteiger partial charge in [-0.3, -0.25) is 52.7 Å². The van der Waals surface area contributed by atoms with Gasteiger partial charge >= 0.3 is 0 Å². The molecule has 23 nitrogen and oxygen atoms in total. The van der Waals surface area contributed by atoms with Crippen molar-refractivity contribution in [3.8, 4) is 0 Å². The second-order valence-electron chi connectivity index (χ2n) is 17.2. The van der Waals surface area contributed by atoms with Gasteiger partial charge < -0.3 is 65.1 Å². The highest BCUT2D eigenvalue weighted by Gasteiger charge is 2.41. The van der Waals surface area contributed by atoms with Crippen LogP contribution < -0.4 is 60.2 Å². The normalized spacial score (nSPS) is 24.5. The fraction of sp³-hybridized carbons (Fsp3) is 0.605. The third-order valence-corrected chi connectivity index (χ3v) is 13.6. The molecule has 2 saturated heterocycles. The number of amides is 11. The van der Waals surface area contributed by atoms with E-state index >= 15 is 0 Å². The zero-order chi connectivity index (χ0) is 50.7. The third-order valence-electron chi connectivity index (χ3n) is 11.2. The van der Waals surface area contributed by atoms with Crippen LogP contribution >= 0.6 is 21.6 Å². The number of nitrogens with one attached hydrogen (secondary N) is 7. The Labute approximate surface area is 402 Å².